The van der Waals surface area contributed by atoms with Crippen LogP contribution in [0.3, 0.4) is 0 Å². The van der Waals surface area contributed by atoms with Crippen LogP contribution in [0.4, 0.5) is 0 Å². The number of fused-ring (bicyclic) bond motifs is 1. The molecule has 0 fully saturated rings. The topological polar surface area (TPSA) is 3.88 Å². The van der Waals surface area contributed by atoms with Gasteiger partial charge in [0.05, 0.1) is 10.9 Å². The normalized spacial score (nSPS) is 12.3. The molecule has 25 heavy (non-hydrogen) atoms. The molecule has 0 aliphatic rings. The summed E-state index contributed by atoms with van der Waals surface area (Å²) < 4.78 is 10.7. The van der Waals surface area contributed by atoms with Crippen molar-refractivity contribution in [1.29, 1.82) is 0 Å². The number of hydrogen-bond acceptors (Lipinski definition) is 0. The molecule has 0 spiro atoms. The summed E-state index contributed by atoms with van der Waals surface area (Å²) in [4.78, 5) is 0. The van der Waals surface area contributed by atoms with Gasteiger partial charge in [-0.15, -0.1) is 0 Å². The van der Waals surface area contributed by atoms with E-state index in [4.69, 9.17) is 1.37 Å². The first-order chi connectivity index (χ1) is 12.2. The van der Waals surface area contributed by atoms with Gasteiger partial charge in [-0.3, -0.25) is 0 Å². The molecule has 0 amide bonds. The summed E-state index contributed by atoms with van der Waals surface area (Å²) in [5.74, 6) is 0.953. The van der Waals surface area contributed by atoms with E-state index in [1.807, 2.05) is 18.5 Å². The first kappa shape index (κ1) is 16.3. The fourth-order valence-electron chi connectivity index (χ4n) is 3.83. The van der Waals surface area contributed by atoms with E-state index >= 15 is 0 Å². The van der Waals surface area contributed by atoms with Gasteiger partial charge in [-0.05, 0) is 59.9 Å². The third-order valence-corrected chi connectivity index (χ3v) is 5.27. The average Bonchev–Trinajstić information content (AvgIpc) is 2.60. The summed E-state index contributed by atoms with van der Waals surface area (Å²) in [6.07, 6.45) is 0.583. The van der Waals surface area contributed by atoms with Gasteiger partial charge >= 0.3 is 0 Å². The number of hydrogen-bond donors (Lipinski definition) is 0. The molecule has 0 N–H and O–H groups in total. The molecule has 0 unspecified atom stereocenters. The Hall–Kier alpha value is -2.15. The minimum atomic E-state index is 0.476. The summed E-state index contributed by atoms with van der Waals surface area (Å²) in [6, 6.07) is 13.2. The van der Waals surface area contributed by atoms with E-state index in [1.54, 1.807) is 0 Å². The highest BCUT2D eigenvalue weighted by atomic mass is 14.9. The summed E-state index contributed by atoms with van der Waals surface area (Å²) >= 11 is 0. The highest BCUT2D eigenvalue weighted by Crippen LogP contribution is 2.35. The molecule has 0 aliphatic heterocycles. The van der Waals surface area contributed by atoms with Crippen LogP contribution in [-0.2, 0) is 7.05 Å². The fraction of sp³-hybridized carbons (Fsp3) is 0.375. The van der Waals surface area contributed by atoms with Gasteiger partial charge in [0.15, 0.2) is 6.17 Å². The van der Waals surface area contributed by atoms with E-state index in [1.165, 1.54) is 33.0 Å². The van der Waals surface area contributed by atoms with Gasteiger partial charge in [0, 0.05) is 5.56 Å². The molecule has 130 valence electrons. The SMILES string of the molecule is [2H]c1c(C)c2ccccc2c(-c2cc(C(C)C)cc(C(C)C)c2C)[n+]1C. The average molecular weight is 334 g/mol. The maximum absolute atomic E-state index is 8.63. The van der Waals surface area contributed by atoms with Crippen molar-refractivity contribution in [1.82, 2.24) is 0 Å². The van der Waals surface area contributed by atoms with Crippen LogP contribution in [-0.4, -0.2) is 0 Å². The van der Waals surface area contributed by atoms with E-state index in [-0.39, 0.29) is 0 Å². The summed E-state index contributed by atoms with van der Waals surface area (Å²) in [5.41, 5.74) is 7.54. The molecule has 0 saturated carbocycles. The van der Waals surface area contributed by atoms with Gasteiger partial charge in [-0.1, -0.05) is 52.0 Å². The molecule has 3 rings (SSSR count). The van der Waals surface area contributed by atoms with Crippen molar-refractivity contribution in [3.8, 4) is 11.3 Å². The van der Waals surface area contributed by atoms with Gasteiger partial charge in [-0.25, -0.2) is 4.57 Å². The van der Waals surface area contributed by atoms with E-state index in [9.17, 15) is 0 Å². The Morgan fingerprint density at radius 2 is 1.56 bits per heavy atom. The predicted octanol–water partition coefficient (Wildman–Crippen LogP) is 6.19. The molecule has 0 aliphatic carbocycles. The molecule has 1 heteroatoms. The quantitative estimate of drug-likeness (QED) is 0.503. The zero-order valence-electron chi connectivity index (χ0n) is 17.6. The van der Waals surface area contributed by atoms with Gasteiger partial charge in [0.1, 0.15) is 8.42 Å². The minimum absolute atomic E-state index is 0.476. The number of rotatable bonds is 3. The van der Waals surface area contributed by atoms with Crippen molar-refractivity contribution < 1.29 is 5.94 Å². The zero-order valence-corrected chi connectivity index (χ0v) is 16.6. The molecule has 0 saturated heterocycles. The van der Waals surface area contributed by atoms with Crippen LogP contribution in [0.25, 0.3) is 22.0 Å². The predicted molar refractivity (Wildman–Crippen MR) is 108 cm³/mol. The monoisotopic (exact) mass is 333 g/mol. The lowest BCUT2D eigenvalue weighted by atomic mass is 9.86. The van der Waals surface area contributed by atoms with Crippen LogP contribution in [0.2, 0.25) is 0 Å². The second kappa shape index (κ2) is 6.63. The van der Waals surface area contributed by atoms with Gasteiger partial charge < -0.3 is 0 Å². The van der Waals surface area contributed by atoms with E-state index in [0.717, 1.165) is 11.3 Å². The molecule has 1 nitrogen and oxygen atoms in total. The molecule has 3 aromatic rings. The Bertz CT molecular complexity index is 983. The van der Waals surface area contributed by atoms with Crippen molar-refractivity contribution in [2.45, 2.75) is 53.4 Å². The lowest BCUT2D eigenvalue weighted by Gasteiger charge is -2.18. The number of benzene rings is 2. The second-order valence-corrected chi connectivity index (χ2v) is 7.78. The maximum Gasteiger partial charge on any atom is 0.220 e. The maximum atomic E-state index is 8.63. The Balaban J connectivity index is 2.48. The number of aryl methyl sites for hydroxylation is 1. The molecular weight excluding hydrogens is 302 g/mol. The molecule has 2 aromatic carbocycles. The Kier molecular flexibility index (Phi) is 4.33. The van der Waals surface area contributed by atoms with Crippen LogP contribution in [0, 0.1) is 13.8 Å². The second-order valence-electron chi connectivity index (χ2n) is 7.78. The zero-order chi connectivity index (χ0) is 19.2. The summed E-state index contributed by atoms with van der Waals surface area (Å²) in [7, 11) is 2.02. The minimum Gasteiger partial charge on any atom is -0.200 e. The van der Waals surface area contributed by atoms with Crippen LogP contribution >= 0.6 is 0 Å². The molecular formula is C24H30N+. The van der Waals surface area contributed by atoms with Gasteiger partial charge in [0.2, 0.25) is 5.69 Å². The highest BCUT2D eigenvalue weighted by Gasteiger charge is 2.22. The summed E-state index contributed by atoms with van der Waals surface area (Å²) in [6.45, 7) is 13.3. The van der Waals surface area contributed by atoms with Crippen molar-refractivity contribution in [2.24, 2.45) is 7.05 Å². The van der Waals surface area contributed by atoms with E-state index in [2.05, 4.69) is 71.0 Å². The van der Waals surface area contributed by atoms with Crippen LogP contribution < -0.4 is 4.57 Å². The first-order valence-electron chi connectivity index (χ1n) is 9.76. The van der Waals surface area contributed by atoms with Gasteiger partial charge in [-0.2, -0.15) is 0 Å². The molecule has 0 bridgehead atoms. The summed E-state index contributed by atoms with van der Waals surface area (Å²) in [5, 5.41) is 2.40. The molecule has 0 radical (unpaired) electrons. The van der Waals surface area contributed by atoms with Crippen molar-refractivity contribution in [2.75, 3.05) is 0 Å². The first-order valence-corrected chi connectivity index (χ1v) is 9.26. The van der Waals surface area contributed by atoms with Crippen LogP contribution in [0.15, 0.2) is 42.6 Å². The smallest absolute Gasteiger partial charge is 0.200 e. The van der Waals surface area contributed by atoms with E-state index in [0.29, 0.717) is 18.0 Å². The van der Waals surface area contributed by atoms with Crippen molar-refractivity contribution >= 4 is 10.8 Å². The molecule has 1 heterocycles. The van der Waals surface area contributed by atoms with Gasteiger partial charge in [0.25, 0.3) is 0 Å². The largest absolute Gasteiger partial charge is 0.220 e. The van der Waals surface area contributed by atoms with Crippen molar-refractivity contribution in [3.05, 3.63) is 64.8 Å². The van der Waals surface area contributed by atoms with Crippen molar-refractivity contribution in [3.63, 3.8) is 0 Å². The Morgan fingerprint density at radius 3 is 2.16 bits per heavy atom. The number of nitrogens with zero attached hydrogens (tertiary/aromatic N) is 1. The standard InChI is InChI=1S/C24H30N/c1-15(2)19-12-22(16(3)4)18(6)23(13-19)24-21-11-9-8-10-20(21)17(5)14-25(24)7/h8-16H,1-7H3/q+1/i14D. The lowest BCUT2D eigenvalue weighted by molar-refractivity contribution is -0.659. The third kappa shape index (κ3) is 3.08. The Labute approximate surface area is 153 Å². The van der Waals surface area contributed by atoms with E-state index < -0.39 is 0 Å². The Morgan fingerprint density at radius 1 is 0.920 bits per heavy atom. The highest BCUT2D eigenvalue weighted by molar-refractivity contribution is 5.95. The van der Waals surface area contributed by atoms with Crippen LogP contribution in [0.5, 0.6) is 0 Å². The number of aromatic nitrogens is 1. The molecule has 1 aromatic heterocycles. The number of pyridine rings is 1. The van der Waals surface area contributed by atoms with Crippen LogP contribution in [0.1, 0.15) is 63.2 Å². The third-order valence-electron chi connectivity index (χ3n) is 5.27. The fourth-order valence-corrected chi connectivity index (χ4v) is 3.83. The lowest BCUT2D eigenvalue weighted by Crippen LogP contribution is -2.31. The molecule has 0 atom stereocenters.